The molecule has 0 saturated carbocycles. The van der Waals surface area contributed by atoms with Gasteiger partial charge in [0.15, 0.2) is 17.1 Å². The van der Waals surface area contributed by atoms with Gasteiger partial charge < -0.3 is 19.4 Å². The second kappa shape index (κ2) is 11.9. The van der Waals surface area contributed by atoms with E-state index in [9.17, 15) is 14.0 Å². The smallest absolute Gasteiger partial charge is 0.341 e. The van der Waals surface area contributed by atoms with Crippen molar-refractivity contribution in [3.8, 4) is 5.75 Å². The van der Waals surface area contributed by atoms with Crippen molar-refractivity contribution in [2.45, 2.75) is 52.4 Å². The van der Waals surface area contributed by atoms with Crippen molar-refractivity contribution in [3.05, 3.63) is 50.9 Å². The standard InChI is InChI=1S/C23H26ClFN4O4S2/c1-6-29-20(13(4)33-17-9-8-15(25)10-16(17)24)27-28-23(29)34-11-18(30)26-21-19(22(31)32-7-2)12(3)14(5)35-21/h8-10,13H,6-7,11H2,1-5H3,(H,26,30). The van der Waals surface area contributed by atoms with E-state index >= 15 is 0 Å². The van der Waals surface area contributed by atoms with Crippen LogP contribution < -0.4 is 10.1 Å². The van der Waals surface area contributed by atoms with Crippen molar-refractivity contribution in [2.75, 3.05) is 17.7 Å². The molecule has 12 heteroatoms. The molecule has 8 nitrogen and oxygen atoms in total. The van der Waals surface area contributed by atoms with Crippen LogP contribution in [0.25, 0.3) is 0 Å². The summed E-state index contributed by atoms with van der Waals surface area (Å²) in [7, 11) is 0. The molecule has 0 radical (unpaired) electrons. The van der Waals surface area contributed by atoms with Gasteiger partial charge in [0.2, 0.25) is 5.91 Å². The summed E-state index contributed by atoms with van der Waals surface area (Å²) in [6.45, 7) is 9.97. The molecule has 188 valence electrons. The van der Waals surface area contributed by atoms with Gasteiger partial charge in [-0.3, -0.25) is 4.79 Å². The number of hydrogen-bond donors (Lipinski definition) is 1. The lowest BCUT2D eigenvalue weighted by Crippen LogP contribution is -2.17. The Morgan fingerprint density at radius 2 is 2.03 bits per heavy atom. The summed E-state index contributed by atoms with van der Waals surface area (Å²) in [4.78, 5) is 26.0. The van der Waals surface area contributed by atoms with Gasteiger partial charge in [-0.25, -0.2) is 9.18 Å². The Morgan fingerprint density at radius 3 is 2.69 bits per heavy atom. The minimum Gasteiger partial charge on any atom is -0.481 e. The summed E-state index contributed by atoms with van der Waals surface area (Å²) in [6.07, 6.45) is -0.516. The molecule has 35 heavy (non-hydrogen) atoms. The van der Waals surface area contributed by atoms with Crippen LogP contribution in [0.15, 0.2) is 23.4 Å². The maximum atomic E-state index is 13.3. The zero-order valence-corrected chi connectivity index (χ0v) is 22.4. The summed E-state index contributed by atoms with van der Waals surface area (Å²) in [5, 5.41) is 12.4. The molecular weight excluding hydrogens is 515 g/mol. The molecule has 3 rings (SSSR count). The SMILES string of the molecule is CCOC(=O)c1c(NC(=O)CSc2nnc(C(C)Oc3ccc(F)cc3Cl)n2CC)sc(C)c1C. The van der Waals surface area contributed by atoms with Crippen molar-refractivity contribution in [3.63, 3.8) is 0 Å². The van der Waals surface area contributed by atoms with E-state index < -0.39 is 17.9 Å². The van der Waals surface area contributed by atoms with E-state index in [-0.39, 0.29) is 23.3 Å². The maximum absolute atomic E-state index is 13.3. The monoisotopic (exact) mass is 540 g/mol. The predicted octanol–water partition coefficient (Wildman–Crippen LogP) is 5.82. The molecule has 1 unspecified atom stereocenters. The summed E-state index contributed by atoms with van der Waals surface area (Å²) in [6, 6.07) is 3.90. The topological polar surface area (TPSA) is 95.3 Å². The largest absolute Gasteiger partial charge is 0.481 e. The Morgan fingerprint density at radius 1 is 1.29 bits per heavy atom. The van der Waals surface area contributed by atoms with E-state index in [4.69, 9.17) is 21.1 Å². The third kappa shape index (κ3) is 6.33. The van der Waals surface area contributed by atoms with Gasteiger partial charge in [0, 0.05) is 11.4 Å². The Balaban J connectivity index is 1.68. The maximum Gasteiger partial charge on any atom is 0.341 e. The third-order valence-electron chi connectivity index (χ3n) is 5.07. The van der Waals surface area contributed by atoms with Crippen LogP contribution in [0.4, 0.5) is 9.39 Å². The number of nitrogens with zero attached hydrogens (tertiary/aromatic N) is 3. The van der Waals surface area contributed by atoms with Crippen LogP contribution in [0.1, 0.15) is 53.5 Å². The van der Waals surface area contributed by atoms with Gasteiger partial charge >= 0.3 is 5.97 Å². The number of anilines is 1. The average molecular weight is 541 g/mol. The molecule has 2 heterocycles. The highest BCUT2D eigenvalue weighted by atomic mass is 35.5. The fourth-order valence-corrected chi connectivity index (χ4v) is 5.36. The molecule has 2 aromatic heterocycles. The number of esters is 1. The van der Waals surface area contributed by atoms with Crippen molar-refractivity contribution in [1.29, 1.82) is 0 Å². The molecule has 0 bridgehead atoms. The van der Waals surface area contributed by atoms with Crippen LogP contribution in [0.3, 0.4) is 0 Å². The first-order valence-electron chi connectivity index (χ1n) is 10.9. The van der Waals surface area contributed by atoms with Crippen LogP contribution in [-0.4, -0.2) is 39.0 Å². The average Bonchev–Trinajstić information content (AvgIpc) is 3.34. The lowest BCUT2D eigenvalue weighted by Gasteiger charge is -2.16. The Bertz CT molecular complexity index is 1230. The van der Waals surface area contributed by atoms with Gasteiger partial charge in [-0.15, -0.1) is 21.5 Å². The molecule has 0 aliphatic heterocycles. The number of aryl methyl sites for hydroxylation is 1. The number of thiophene rings is 1. The zero-order chi connectivity index (χ0) is 25.7. The Labute approximate surface area is 216 Å². The van der Waals surface area contributed by atoms with E-state index in [1.807, 2.05) is 25.3 Å². The van der Waals surface area contributed by atoms with E-state index in [2.05, 4.69) is 15.5 Å². The quantitative estimate of drug-likeness (QED) is 0.256. The number of carbonyl (C=O) groups excluding carboxylic acids is 2. The number of rotatable bonds is 10. The molecule has 1 aromatic carbocycles. The summed E-state index contributed by atoms with van der Waals surface area (Å²) in [5.74, 6) is -0.246. The molecule has 0 spiro atoms. The lowest BCUT2D eigenvalue weighted by atomic mass is 10.1. The van der Waals surface area contributed by atoms with Crippen molar-refractivity contribution in [2.24, 2.45) is 0 Å². The van der Waals surface area contributed by atoms with Gasteiger partial charge in [-0.2, -0.15) is 0 Å². The van der Waals surface area contributed by atoms with Crippen LogP contribution >= 0.6 is 34.7 Å². The number of amides is 1. The molecule has 3 aromatic rings. The van der Waals surface area contributed by atoms with Gasteiger partial charge in [0.1, 0.15) is 16.6 Å². The number of hydrogen-bond acceptors (Lipinski definition) is 8. The van der Waals surface area contributed by atoms with E-state index in [0.717, 1.165) is 10.4 Å². The molecule has 0 fully saturated rings. The Kier molecular flexibility index (Phi) is 9.15. The first-order valence-corrected chi connectivity index (χ1v) is 13.1. The molecule has 1 amide bonds. The molecule has 0 aliphatic rings. The summed E-state index contributed by atoms with van der Waals surface area (Å²) >= 11 is 8.62. The van der Waals surface area contributed by atoms with E-state index in [1.54, 1.807) is 13.8 Å². The number of carbonyl (C=O) groups is 2. The van der Waals surface area contributed by atoms with Crippen molar-refractivity contribution in [1.82, 2.24) is 14.8 Å². The first kappa shape index (κ1) is 27.0. The van der Waals surface area contributed by atoms with Crippen LogP contribution in [0.5, 0.6) is 5.75 Å². The fourth-order valence-electron chi connectivity index (χ4n) is 3.28. The van der Waals surface area contributed by atoms with E-state index in [0.29, 0.717) is 33.8 Å². The highest BCUT2D eigenvalue weighted by Crippen LogP contribution is 2.34. The van der Waals surface area contributed by atoms with Crippen LogP contribution in [-0.2, 0) is 16.1 Å². The normalized spacial score (nSPS) is 11.9. The van der Waals surface area contributed by atoms with Crippen molar-refractivity contribution >= 4 is 51.6 Å². The van der Waals surface area contributed by atoms with Crippen LogP contribution in [0.2, 0.25) is 5.02 Å². The second-order valence-corrected chi connectivity index (χ2v) is 10.0. The molecule has 0 aliphatic carbocycles. The minimum atomic E-state index is -0.516. The number of halogens is 2. The van der Waals surface area contributed by atoms with Crippen molar-refractivity contribution < 1.29 is 23.5 Å². The van der Waals surface area contributed by atoms with Gasteiger partial charge in [0.25, 0.3) is 0 Å². The first-order chi connectivity index (χ1) is 16.7. The zero-order valence-electron chi connectivity index (χ0n) is 20.0. The molecule has 1 atom stereocenters. The number of benzene rings is 1. The highest BCUT2D eigenvalue weighted by molar-refractivity contribution is 7.99. The van der Waals surface area contributed by atoms with Crippen LogP contribution in [0, 0.1) is 19.7 Å². The number of thioether (sulfide) groups is 1. The van der Waals surface area contributed by atoms with Gasteiger partial charge in [-0.1, -0.05) is 23.4 Å². The molecule has 1 N–H and O–H groups in total. The summed E-state index contributed by atoms with van der Waals surface area (Å²) < 4.78 is 26.1. The molecular formula is C23H26ClFN4O4S2. The third-order valence-corrected chi connectivity index (χ3v) is 7.46. The number of aromatic nitrogens is 3. The fraction of sp³-hybridized carbons (Fsp3) is 0.391. The number of ether oxygens (including phenoxy) is 2. The molecule has 0 saturated heterocycles. The minimum absolute atomic E-state index is 0.0649. The predicted molar refractivity (Wildman–Crippen MR) is 135 cm³/mol. The highest BCUT2D eigenvalue weighted by Gasteiger charge is 2.23. The lowest BCUT2D eigenvalue weighted by molar-refractivity contribution is -0.113. The van der Waals surface area contributed by atoms with Gasteiger partial charge in [-0.05, 0) is 58.4 Å². The van der Waals surface area contributed by atoms with Gasteiger partial charge in [0.05, 0.1) is 22.9 Å². The second-order valence-electron chi connectivity index (χ2n) is 7.46. The number of nitrogens with one attached hydrogen (secondary N) is 1. The van der Waals surface area contributed by atoms with E-state index in [1.165, 1.54) is 41.3 Å². The summed E-state index contributed by atoms with van der Waals surface area (Å²) in [5.41, 5.74) is 1.18. The Hall–Kier alpha value is -2.63.